The molecule has 4 heterocycles. The van der Waals surface area contributed by atoms with Crippen LogP contribution in [0, 0.1) is 19.8 Å². The van der Waals surface area contributed by atoms with Gasteiger partial charge in [0.05, 0.1) is 12.3 Å². The van der Waals surface area contributed by atoms with Gasteiger partial charge in [-0.25, -0.2) is 9.97 Å². The number of fused-ring (bicyclic) bond motifs is 1. The van der Waals surface area contributed by atoms with Crippen LogP contribution in [0.4, 0.5) is 17.3 Å². The molecule has 28 heavy (non-hydrogen) atoms. The minimum absolute atomic E-state index is 0.589. The summed E-state index contributed by atoms with van der Waals surface area (Å²) in [6.45, 7) is 9.05. The zero-order chi connectivity index (χ0) is 19.7. The number of aryl methyl sites for hydroxylation is 1. The van der Waals surface area contributed by atoms with Crippen molar-refractivity contribution in [2.45, 2.75) is 33.6 Å². The molecule has 0 fully saturated rings. The van der Waals surface area contributed by atoms with Gasteiger partial charge in [-0.1, -0.05) is 13.0 Å². The van der Waals surface area contributed by atoms with Gasteiger partial charge in [-0.15, -0.1) is 0 Å². The maximum Gasteiger partial charge on any atom is 0.148 e. The van der Waals surface area contributed by atoms with Crippen molar-refractivity contribution in [3.05, 3.63) is 40.7 Å². The summed E-state index contributed by atoms with van der Waals surface area (Å²) in [5, 5.41) is 10.1. The lowest BCUT2D eigenvalue weighted by Gasteiger charge is -2.19. The molecular formula is C22H29N5O. The first-order valence-corrected chi connectivity index (χ1v) is 10.0. The minimum Gasteiger partial charge on any atom is -0.491 e. The molecule has 2 aromatic rings. The second kappa shape index (κ2) is 7.80. The highest BCUT2D eigenvalue weighted by molar-refractivity contribution is 5.79. The Kier molecular flexibility index (Phi) is 5.22. The highest BCUT2D eigenvalue weighted by Gasteiger charge is 2.26. The Morgan fingerprint density at radius 2 is 2.07 bits per heavy atom. The fraction of sp³-hybridized carbons (Fsp3) is 0.455. The van der Waals surface area contributed by atoms with Gasteiger partial charge in [-0.05, 0) is 44.4 Å². The van der Waals surface area contributed by atoms with Gasteiger partial charge in [0.1, 0.15) is 17.4 Å². The third-order valence-corrected chi connectivity index (χ3v) is 5.42. The Bertz CT molecular complexity index is 922. The van der Waals surface area contributed by atoms with Crippen LogP contribution in [0.1, 0.15) is 35.9 Å². The van der Waals surface area contributed by atoms with Crippen LogP contribution in [0.2, 0.25) is 0 Å². The highest BCUT2D eigenvalue weighted by atomic mass is 16.5. The maximum atomic E-state index is 6.02. The minimum atomic E-state index is 0.589. The van der Waals surface area contributed by atoms with E-state index in [2.05, 4.69) is 40.9 Å². The number of hydrogen-bond acceptors (Lipinski definition) is 6. The van der Waals surface area contributed by atoms with Crippen LogP contribution in [-0.4, -0.2) is 36.7 Å². The van der Waals surface area contributed by atoms with E-state index in [1.54, 1.807) is 0 Å². The molecule has 0 saturated heterocycles. The summed E-state index contributed by atoms with van der Waals surface area (Å²) in [7, 11) is 1.92. The number of ether oxygens (including phenoxy) is 1. The number of allylic oxidation sites excluding steroid dienone is 1. The topological polar surface area (TPSA) is 71.1 Å². The molecular weight excluding hydrogens is 350 g/mol. The molecule has 4 rings (SSSR count). The predicted octanol–water partition coefficient (Wildman–Crippen LogP) is 3.83. The number of nitrogens with one attached hydrogen (secondary N) is 3. The van der Waals surface area contributed by atoms with Gasteiger partial charge in [-0.3, -0.25) is 0 Å². The predicted molar refractivity (Wildman–Crippen MR) is 115 cm³/mol. The molecule has 0 unspecified atom stereocenters. The SMILES string of the molecule is CNc1cc(C)nc(Nc2nc3c(c(C4=CCNC[C@@H](C)C4)c2C)OCC3)c1. The molecule has 0 spiro atoms. The Labute approximate surface area is 166 Å². The van der Waals surface area contributed by atoms with Crippen LogP contribution < -0.4 is 20.7 Å². The monoisotopic (exact) mass is 379 g/mol. The van der Waals surface area contributed by atoms with Crippen molar-refractivity contribution in [3.63, 3.8) is 0 Å². The van der Waals surface area contributed by atoms with E-state index in [4.69, 9.17) is 9.72 Å². The van der Waals surface area contributed by atoms with Gasteiger partial charge in [0, 0.05) is 48.6 Å². The van der Waals surface area contributed by atoms with Crippen molar-refractivity contribution >= 4 is 22.9 Å². The standard InChI is InChI=1S/C22H29N5O/c1-13-9-16(5-7-24-12-13)20-15(3)22(26-18-6-8-28-21(18)20)27-19-11-17(23-4)10-14(2)25-19/h5,10-11,13,24H,6-9,12H2,1-4H3,(H2,23,25,26,27)/t13-/m0/s1. The first-order valence-electron chi connectivity index (χ1n) is 10.0. The molecule has 0 radical (unpaired) electrons. The van der Waals surface area contributed by atoms with E-state index in [0.29, 0.717) is 12.5 Å². The Morgan fingerprint density at radius 1 is 1.21 bits per heavy atom. The van der Waals surface area contributed by atoms with E-state index in [-0.39, 0.29) is 0 Å². The Hall–Kier alpha value is -2.60. The van der Waals surface area contributed by atoms with E-state index < -0.39 is 0 Å². The third-order valence-electron chi connectivity index (χ3n) is 5.42. The molecule has 2 aliphatic rings. The average Bonchev–Trinajstić information content (AvgIpc) is 3.01. The van der Waals surface area contributed by atoms with Crippen LogP contribution in [0.3, 0.4) is 0 Å². The van der Waals surface area contributed by atoms with Crippen molar-refractivity contribution in [1.82, 2.24) is 15.3 Å². The van der Waals surface area contributed by atoms with Gasteiger partial charge < -0.3 is 20.7 Å². The molecule has 0 aromatic carbocycles. The summed E-state index contributed by atoms with van der Waals surface area (Å²) in [5.41, 5.74) is 6.71. The molecule has 1 atom stereocenters. The highest BCUT2D eigenvalue weighted by Crippen LogP contribution is 2.41. The van der Waals surface area contributed by atoms with Gasteiger partial charge in [0.25, 0.3) is 0 Å². The van der Waals surface area contributed by atoms with E-state index >= 15 is 0 Å². The largest absolute Gasteiger partial charge is 0.491 e. The first-order chi connectivity index (χ1) is 13.5. The lowest BCUT2D eigenvalue weighted by atomic mass is 9.92. The summed E-state index contributed by atoms with van der Waals surface area (Å²) in [6, 6.07) is 4.03. The van der Waals surface area contributed by atoms with Crippen molar-refractivity contribution in [3.8, 4) is 5.75 Å². The Morgan fingerprint density at radius 3 is 2.89 bits per heavy atom. The van der Waals surface area contributed by atoms with Crippen molar-refractivity contribution in [1.29, 1.82) is 0 Å². The number of anilines is 3. The summed E-state index contributed by atoms with van der Waals surface area (Å²) < 4.78 is 6.02. The first kappa shape index (κ1) is 18.7. The summed E-state index contributed by atoms with van der Waals surface area (Å²) in [4.78, 5) is 9.53. The fourth-order valence-corrected chi connectivity index (χ4v) is 4.04. The number of pyridine rings is 2. The second-order valence-electron chi connectivity index (χ2n) is 7.79. The molecule has 6 nitrogen and oxygen atoms in total. The molecule has 148 valence electrons. The van der Waals surface area contributed by atoms with E-state index in [9.17, 15) is 0 Å². The normalized spacial score (nSPS) is 18.7. The quantitative estimate of drug-likeness (QED) is 0.750. The molecule has 2 aliphatic heterocycles. The molecule has 0 saturated carbocycles. The van der Waals surface area contributed by atoms with E-state index in [0.717, 1.165) is 66.0 Å². The number of rotatable bonds is 4. The number of nitrogens with zero attached hydrogens (tertiary/aromatic N) is 2. The molecule has 0 aliphatic carbocycles. The lowest BCUT2D eigenvalue weighted by Crippen LogP contribution is -2.18. The third kappa shape index (κ3) is 3.69. The van der Waals surface area contributed by atoms with Crippen molar-refractivity contribution in [2.24, 2.45) is 5.92 Å². The molecule has 2 aromatic heterocycles. The van der Waals surface area contributed by atoms with Crippen LogP contribution in [0.25, 0.3) is 5.57 Å². The smallest absolute Gasteiger partial charge is 0.148 e. The van der Waals surface area contributed by atoms with Gasteiger partial charge >= 0.3 is 0 Å². The summed E-state index contributed by atoms with van der Waals surface area (Å²) >= 11 is 0. The van der Waals surface area contributed by atoms with Crippen LogP contribution in [-0.2, 0) is 6.42 Å². The van der Waals surface area contributed by atoms with E-state index in [1.165, 1.54) is 11.1 Å². The summed E-state index contributed by atoms with van der Waals surface area (Å²) in [6.07, 6.45) is 4.20. The summed E-state index contributed by atoms with van der Waals surface area (Å²) in [5.74, 6) is 3.22. The van der Waals surface area contributed by atoms with Crippen LogP contribution >= 0.6 is 0 Å². The lowest BCUT2D eigenvalue weighted by molar-refractivity contribution is 0.355. The fourth-order valence-electron chi connectivity index (χ4n) is 4.04. The van der Waals surface area contributed by atoms with Crippen LogP contribution in [0.15, 0.2) is 18.2 Å². The van der Waals surface area contributed by atoms with Crippen molar-refractivity contribution in [2.75, 3.05) is 37.4 Å². The van der Waals surface area contributed by atoms with E-state index in [1.807, 2.05) is 26.1 Å². The zero-order valence-electron chi connectivity index (χ0n) is 17.1. The average molecular weight is 380 g/mol. The molecule has 3 N–H and O–H groups in total. The molecule has 0 bridgehead atoms. The molecule has 6 heteroatoms. The number of hydrogen-bond donors (Lipinski definition) is 3. The number of aromatic nitrogens is 2. The van der Waals surface area contributed by atoms with Crippen LogP contribution in [0.5, 0.6) is 5.75 Å². The van der Waals surface area contributed by atoms with Gasteiger partial charge in [0.15, 0.2) is 0 Å². The van der Waals surface area contributed by atoms with Gasteiger partial charge in [-0.2, -0.15) is 0 Å². The zero-order valence-corrected chi connectivity index (χ0v) is 17.1. The Balaban J connectivity index is 1.77. The molecule has 0 amide bonds. The maximum absolute atomic E-state index is 6.02. The second-order valence-corrected chi connectivity index (χ2v) is 7.79. The van der Waals surface area contributed by atoms with Crippen molar-refractivity contribution < 1.29 is 4.74 Å². The van der Waals surface area contributed by atoms with Gasteiger partial charge in [0.2, 0.25) is 0 Å².